The zero-order chi connectivity index (χ0) is 21.1. The first-order valence-electron chi connectivity index (χ1n) is 9.65. The van der Waals surface area contributed by atoms with Gasteiger partial charge in [-0.2, -0.15) is 0 Å². The van der Waals surface area contributed by atoms with Gasteiger partial charge in [-0.3, -0.25) is 4.79 Å². The zero-order valence-corrected chi connectivity index (χ0v) is 16.7. The van der Waals surface area contributed by atoms with Crippen molar-refractivity contribution in [3.05, 3.63) is 78.2 Å². The molecule has 2 heterocycles. The summed E-state index contributed by atoms with van der Waals surface area (Å²) in [7, 11) is 1.54. The number of halogens is 1. The highest BCUT2D eigenvalue weighted by Gasteiger charge is 2.20. The van der Waals surface area contributed by atoms with Gasteiger partial charge in [0, 0.05) is 11.6 Å². The third-order valence-corrected chi connectivity index (χ3v) is 4.95. The van der Waals surface area contributed by atoms with Crippen LogP contribution in [0.5, 0.6) is 5.88 Å². The molecule has 30 heavy (non-hydrogen) atoms. The van der Waals surface area contributed by atoms with E-state index >= 15 is 0 Å². The Kier molecular flexibility index (Phi) is 5.43. The lowest BCUT2D eigenvalue weighted by Crippen LogP contribution is -2.21. The number of aromatic nitrogens is 3. The largest absolute Gasteiger partial charge is 0.480 e. The second kappa shape index (κ2) is 8.32. The Bertz CT molecular complexity index is 1190. The molecule has 0 aliphatic carbocycles. The van der Waals surface area contributed by atoms with Gasteiger partial charge < -0.3 is 10.1 Å². The number of fused-ring (bicyclic) bond motifs is 1. The van der Waals surface area contributed by atoms with E-state index < -0.39 is 5.82 Å². The maximum absolute atomic E-state index is 14.4. The van der Waals surface area contributed by atoms with E-state index in [1.807, 2.05) is 37.3 Å². The lowest BCUT2D eigenvalue weighted by molar-refractivity contribution is -0.117. The van der Waals surface area contributed by atoms with Crippen molar-refractivity contribution in [3.63, 3.8) is 0 Å². The molecule has 0 bridgehead atoms. The van der Waals surface area contributed by atoms with Crippen LogP contribution >= 0.6 is 0 Å². The number of benzene rings is 2. The summed E-state index contributed by atoms with van der Waals surface area (Å²) < 4.78 is 21.2. The van der Waals surface area contributed by atoms with Crippen LogP contribution in [0.2, 0.25) is 0 Å². The number of ether oxygens (including phenoxy) is 1. The van der Waals surface area contributed by atoms with Crippen LogP contribution in [0, 0.1) is 5.82 Å². The quantitative estimate of drug-likeness (QED) is 0.507. The molecule has 0 spiro atoms. The Morgan fingerprint density at radius 3 is 2.70 bits per heavy atom. The minimum absolute atomic E-state index is 0.120. The standard InChI is InChI=1S/C23H21FN4O2/c1-3-17(15-7-5-4-6-8-15)23(29)26-19-13-16(9-10-18(19)24)20-14-28-21(25-20)11-12-22(27-28)30-2/h4-14,17H,3H2,1-2H3,(H,26,29)/t17-/m0/s1. The van der Waals surface area contributed by atoms with Crippen molar-refractivity contribution >= 4 is 17.2 Å². The summed E-state index contributed by atoms with van der Waals surface area (Å²) in [5.41, 5.74) is 2.94. The highest BCUT2D eigenvalue weighted by Crippen LogP contribution is 2.27. The molecule has 152 valence electrons. The first-order valence-corrected chi connectivity index (χ1v) is 9.65. The molecule has 0 aliphatic heterocycles. The SMILES string of the molecule is CC[C@H](C(=O)Nc1cc(-c2cn3nc(OC)ccc3n2)ccc1F)c1ccccc1. The van der Waals surface area contributed by atoms with Crippen molar-refractivity contribution in [2.75, 3.05) is 12.4 Å². The van der Waals surface area contributed by atoms with E-state index in [-0.39, 0.29) is 17.5 Å². The smallest absolute Gasteiger partial charge is 0.231 e. The molecule has 2 aromatic carbocycles. The molecular weight excluding hydrogens is 383 g/mol. The number of methoxy groups -OCH3 is 1. The van der Waals surface area contributed by atoms with E-state index in [0.717, 1.165) is 5.56 Å². The number of imidazole rings is 1. The van der Waals surface area contributed by atoms with Crippen LogP contribution in [0.3, 0.4) is 0 Å². The van der Waals surface area contributed by atoms with Crippen molar-refractivity contribution in [1.82, 2.24) is 14.6 Å². The van der Waals surface area contributed by atoms with E-state index in [4.69, 9.17) is 4.74 Å². The molecule has 0 fully saturated rings. The highest BCUT2D eigenvalue weighted by atomic mass is 19.1. The van der Waals surface area contributed by atoms with Gasteiger partial charge in [0.1, 0.15) is 5.82 Å². The van der Waals surface area contributed by atoms with Crippen molar-refractivity contribution in [1.29, 1.82) is 0 Å². The van der Waals surface area contributed by atoms with Crippen LogP contribution in [0.1, 0.15) is 24.8 Å². The summed E-state index contributed by atoms with van der Waals surface area (Å²) in [6.07, 6.45) is 2.34. The fraction of sp³-hybridized carbons (Fsp3) is 0.174. The summed E-state index contributed by atoms with van der Waals surface area (Å²) >= 11 is 0. The zero-order valence-electron chi connectivity index (χ0n) is 16.7. The van der Waals surface area contributed by atoms with Gasteiger partial charge in [0.2, 0.25) is 11.8 Å². The summed E-state index contributed by atoms with van der Waals surface area (Å²) in [4.78, 5) is 17.4. The van der Waals surface area contributed by atoms with Crippen LogP contribution in [0.25, 0.3) is 16.9 Å². The molecule has 0 saturated heterocycles. The van der Waals surface area contributed by atoms with E-state index in [1.54, 1.807) is 42.1 Å². The summed E-state index contributed by atoms with van der Waals surface area (Å²) in [5.74, 6) is -0.647. The van der Waals surface area contributed by atoms with Gasteiger partial charge in [0.05, 0.1) is 30.6 Å². The van der Waals surface area contributed by atoms with Gasteiger partial charge in [-0.1, -0.05) is 37.3 Å². The number of amides is 1. The van der Waals surface area contributed by atoms with E-state index in [0.29, 0.717) is 29.2 Å². The van der Waals surface area contributed by atoms with Crippen LogP contribution in [-0.2, 0) is 4.79 Å². The van der Waals surface area contributed by atoms with Crippen molar-refractivity contribution in [3.8, 4) is 17.1 Å². The molecular formula is C23H21FN4O2. The van der Waals surface area contributed by atoms with Crippen LogP contribution in [0.15, 0.2) is 66.9 Å². The minimum atomic E-state index is -0.501. The topological polar surface area (TPSA) is 68.5 Å². The molecule has 0 radical (unpaired) electrons. The Morgan fingerprint density at radius 1 is 1.17 bits per heavy atom. The third-order valence-electron chi connectivity index (χ3n) is 4.95. The maximum atomic E-state index is 14.4. The Balaban J connectivity index is 1.62. The highest BCUT2D eigenvalue weighted by molar-refractivity contribution is 5.96. The first kappa shape index (κ1) is 19.6. The van der Waals surface area contributed by atoms with Crippen LogP contribution < -0.4 is 10.1 Å². The van der Waals surface area contributed by atoms with E-state index in [1.165, 1.54) is 6.07 Å². The number of rotatable bonds is 6. The van der Waals surface area contributed by atoms with Gasteiger partial charge >= 0.3 is 0 Å². The molecule has 0 saturated carbocycles. The molecule has 1 N–H and O–H groups in total. The van der Waals surface area contributed by atoms with Crippen molar-refractivity contribution in [2.24, 2.45) is 0 Å². The molecule has 4 rings (SSSR count). The number of nitrogens with zero attached hydrogens (tertiary/aromatic N) is 3. The number of carbonyl (C=O) groups excluding carboxylic acids is 1. The fourth-order valence-electron chi connectivity index (χ4n) is 3.37. The van der Waals surface area contributed by atoms with Crippen molar-refractivity contribution < 1.29 is 13.9 Å². The number of carbonyl (C=O) groups is 1. The number of hydrogen-bond acceptors (Lipinski definition) is 4. The third kappa shape index (κ3) is 3.87. The predicted molar refractivity (Wildman–Crippen MR) is 113 cm³/mol. The van der Waals surface area contributed by atoms with Crippen LogP contribution in [0.4, 0.5) is 10.1 Å². The summed E-state index contributed by atoms with van der Waals surface area (Å²) in [6, 6.07) is 17.5. The molecule has 7 heteroatoms. The monoisotopic (exact) mass is 404 g/mol. The first-order chi connectivity index (χ1) is 14.6. The van der Waals surface area contributed by atoms with Crippen LogP contribution in [-0.4, -0.2) is 27.6 Å². The lowest BCUT2D eigenvalue weighted by Gasteiger charge is -2.16. The molecule has 0 unspecified atom stereocenters. The molecule has 6 nitrogen and oxygen atoms in total. The van der Waals surface area contributed by atoms with Crippen molar-refractivity contribution in [2.45, 2.75) is 19.3 Å². The average Bonchev–Trinajstić information content (AvgIpc) is 3.20. The van der Waals surface area contributed by atoms with Gasteiger partial charge in [0.15, 0.2) is 5.65 Å². The molecule has 1 amide bonds. The minimum Gasteiger partial charge on any atom is -0.480 e. The molecule has 4 aromatic rings. The van der Waals surface area contributed by atoms with E-state index in [2.05, 4.69) is 15.4 Å². The maximum Gasteiger partial charge on any atom is 0.231 e. The van der Waals surface area contributed by atoms with Gasteiger partial charge in [-0.25, -0.2) is 13.9 Å². The average molecular weight is 404 g/mol. The summed E-state index contributed by atoms with van der Waals surface area (Å²) in [6.45, 7) is 1.93. The Morgan fingerprint density at radius 2 is 1.97 bits per heavy atom. The number of anilines is 1. The fourth-order valence-corrected chi connectivity index (χ4v) is 3.37. The number of nitrogens with one attached hydrogen (secondary N) is 1. The van der Waals surface area contributed by atoms with Gasteiger partial charge in [0.25, 0.3) is 0 Å². The Hall–Kier alpha value is -3.74. The normalized spacial score (nSPS) is 12.0. The predicted octanol–water partition coefficient (Wildman–Crippen LogP) is 4.68. The molecule has 0 aliphatic rings. The van der Waals surface area contributed by atoms with Gasteiger partial charge in [-0.05, 0) is 36.2 Å². The van der Waals surface area contributed by atoms with E-state index in [9.17, 15) is 9.18 Å². The second-order valence-electron chi connectivity index (χ2n) is 6.86. The molecule has 1 atom stereocenters. The second-order valence-corrected chi connectivity index (χ2v) is 6.86. The van der Waals surface area contributed by atoms with Gasteiger partial charge in [-0.15, -0.1) is 5.10 Å². The Labute approximate surface area is 173 Å². The molecule has 2 aromatic heterocycles. The summed E-state index contributed by atoms with van der Waals surface area (Å²) in [5, 5.41) is 7.02. The lowest BCUT2D eigenvalue weighted by atomic mass is 9.95. The number of hydrogen-bond donors (Lipinski definition) is 1.